The van der Waals surface area contributed by atoms with Gasteiger partial charge in [-0.25, -0.2) is 4.98 Å². The van der Waals surface area contributed by atoms with E-state index in [9.17, 15) is 9.59 Å². The van der Waals surface area contributed by atoms with Gasteiger partial charge in [-0.15, -0.1) is 0 Å². The molecule has 1 amide bonds. The molecule has 5 nitrogen and oxygen atoms in total. The van der Waals surface area contributed by atoms with Crippen molar-refractivity contribution in [1.82, 2.24) is 9.38 Å². The lowest BCUT2D eigenvalue weighted by Gasteiger charge is -2.07. The first-order valence-corrected chi connectivity index (χ1v) is 8.58. The number of aromatic nitrogens is 2. The maximum Gasteiger partial charge on any atom is 0.297 e. The molecule has 0 fully saturated rings. The van der Waals surface area contributed by atoms with Gasteiger partial charge in [0.15, 0.2) is 0 Å². The van der Waals surface area contributed by atoms with Gasteiger partial charge in [-0.2, -0.15) is 0 Å². The first-order valence-electron chi connectivity index (χ1n) is 8.58. The number of nitrogens with zero attached hydrogens (tertiary/aromatic N) is 2. The SMILES string of the molecule is Cc1ccc(C(=O)C(=O)Nc2c(-c3ccccc3)nc3ccccn23)cc1. The Kier molecular flexibility index (Phi) is 4.26. The van der Waals surface area contributed by atoms with E-state index in [1.54, 1.807) is 22.7 Å². The average molecular weight is 355 g/mol. The van der Waals surface area contributed by atoms with E-state index >= 15 is 0 Å². The Morgan fingerprint density at radius 2 is 1.59 bits per heavy atom. The molecule has 0 spiro atoms. The van der Waals surface area contributed by atoms with E-state index in [4.69, 9.17) is 0 Å². The van der Waals surface area contributed by atoms with Crippen molar-refractivity contribution in [2.75, 3.05) is 5.32 Å². The highest BCUT2D eigenvalue weighted by Gasteiger charge is 2.21. The number of amides is 1. The van der Waals surface area contributed by atoms with E-state index in [2.05, 4.69) is 10.3 Å². The molecule has 4 aromatic rings. The van der Waals surface area contributed by atoms with Crippen molar-refractivity contribution in [2.24, 2.45) is 0 Å². The number of hydrogen-bond donors (Lipinski definition) is 1. The summed E-state index contributed by atoms with van der Waals surface area (Å²) in [4.78, 5) is 29.8. The van der Waals surface area contributed by atoms with Crippen LogP contribution in [0.2, 0.25) is 0 Å². The molecule has 2 heterocycles. The number of aryl methyl sites for hydroxylation is 1. The number of carbonyl (C=O) groups excluding carboxylic acids is 2. The second-order valence-electron chi connectivity index (χ2n) is 6.25. The monoisotopic (exact) mass is 355 g/mol. The molecule has 0 saturated heterocycles. The third kappa shape index (κ3) is 3.22. The summed E-state index contributed by atoms with van der Waals surface area (Å²) in [6.07, 6.45) is 1.81. The fourth-order valence-electron chi connectivity index (χ4n) is 2.91. The molecule has 0 aliphatic heterocycles. The van der Waals surface area contributed by atoms with Crippen molar-refractivity contribution >= 4 is 23.2 Å². The van der Waals surface area contributed by atoms with Crippen molar-refractivity contribution in [3.8, 4) is 11.3 Å². The second-order valence-corrected chi connectivity index (χ2v) is 6.25. The molecular formula is C22H17N3O2. The number of anilines is 1. The number of carbonyl (C=O) groups is 2. The Morgan fingerprint density at radius 3 is 2.33 bits per heavy atom. The predicted molar refractivity (Wildman–Crippen MR) is 105 cm³/mol. The lowest BCUT2D eigenvalue weighted by molar-refractivity contribution is -0.112. The van der Waals surface area contributed by atoms with E-state index in [-0.39, 0.29) is 0 Å². The van der Waals surface area contributed by atoms with Gasteiger partial charge in [0.1, 0.15) is 17.2 Å². The minimum atomic E-state index is -0.693. The van der Waals surface area contributed by atoms with Crippen molar-refractivity contribution in [3.05, 3.63) is 90.1 Å². The Balaban J connectivity index is 1.73. The van der Waals surface area contributed by atoms with Crippen LogP contribution >= 0.6 is 0 Å². The highest BCUT2D eigenvalue weighted by atomic mass is 16.2. The maximum atomic E-state index is 12.6. The second kappa shape index (κ2) is 6.88. The third-order valence-electron chi connectivity index (χ3n) is 4.33. The van der Waals surface area contributed by atoms with Crippen molar-refractivity contribution in [2.45, 2.75) is 6.92 Å². The zero-order valence-electron chi connectivity index (χ0n) is 14.7. The topological polar surface area (TPSA) is 63.5 Å². The minimum absolute atomic E-state index is 0.355. The fourth-order valence-corrected chi connectivity index (χ4v) is 2.91. The van der Waals surface area contributed by atoms with Crippen LogP contribution in [0.1, 0.15) is 15.9 Å². The van der Waals surface area contributed by atoms with Crippen LogP contribution in [0.3, 0.4) is 0 Å². The standard InChI is InChI=1S/C22H17N3O2/c1-15-10-12-17(13-11-15)20(26)22(27)24-21-19(16-7-3-2-4-8-16)23-18-9-5-6-14-25(18)21/h2-14H,1H3,(H,24,27). The number of pyridine rings is 1. The number of hydrogen-bond acceptors (Lipinski definition) is 3. The van der Waals surface area contributed by atoms with Crippen LogP contribution in [0.4, 0.5) is 5.82 Å². The smallest absolute Gasteiger partial charge is 0.297 e. The molecule has 0 radical (unpaired) electrons. The van der Waals surface area contributed by atoms with Crippen molar-refractivity contribution < 1.29 is 9.59 Å². The molecule has 4 rings (SSSR count). The van der Waals surface area contributed by atoms with E-state index in [1.165, 1.54) is 0 Å². The summed E-state index contributed by atoms with van der Waals surface area (Å²) < 4.78 is 1.77. The molecule has 0 saturated carbocycles. The molecule has 0 aliphatic rings. The number of fused-ring (bicyclic) bond motifs is 1. The van der Waals surface area contributed by atoms with Gasteiger partial charge in [-0.05, 0) is 19.1 Å². The van der Waals surface area contributed by atoms with E-state index in [1.807, 2.05) is 67.6 Å². The largest absolute Gasteiger partial charge is 0.303 e. The lowest BCUT2D eigenvalue weighted by Crippen LogP contribution is -2.24. The zero-order valence-corrected chi connectivity index (χ0v) is 14.7. The molecule has 132 valence electrons. The van der Waals surface area contributed by atoms with Crippen LogP contribution < -0.4 is 5.32 Å². The van der Waals surface area contributed by atoms with Crippen LogP contribution in [0, 0.1) is 6.92 Å². The maximum absolute atomic E-state index is 12.6. The first kappa shape index (κ1) is 16.7. The van der Waals surface area contributed by atoms with Crippen LogP contribution in [-0.2, 0) is 4.79 Å². The molecule has 2 aromatic heterocycles. The molecule has 27 heavy (non-hydrogen) atoms. The number of nitrogens with one attached hydrogen (secondary N) is 1. The average Bonchev–Trinajstić information content (AvgIpc) is 3.07. The van der Waals surface area contributed by atoms with Crippen LogP contribution in [-0.4, -0.2) is 21.1 Å². The van der Waals surface area contributed by atoms with E-state index < -0.39 is 11.7 Å². The van der Waals surface area contributed by atoms with Gasteiger partial charge in [0, 0.05) is 17.3 Å². The minimum Gasteiger partial charge on any atom is -0.303 e. The molecular weight excluding hydrogens is 338 g/mol. The number of benzene rings is 2. The van der Waals surface area contributed by atoms with Crippen LogP contribution in [0.25, 0.3) is 16.9 Å². The van der Waals surface area contributed by atoms with Gasteiger partial charge in [-0.3, -0.25) is 14.0 Å². The fraction of sp³-hybridized carbons (Fsp3) is 0.0455. The zero-order chi connectivity index (χ0) is 18.8. The Labute approximate surface area is 156 Å². The van der Waals surface area contributed by atoms with Gasteiger partial charge in [0.05, 0.1) is 0 Å². The molecule has 0 bridgehead atoms. The van der Waals surface area contributed by atoms with Crippen LogP contribution in [0.15, 0.2) is 79.0 Å². The number of Topliss-reactive ketones (excluding diaryl/α,β-unsaturated/α-hetero) is 1. The molecule has 5 heteroatoms. The molecule has 1 N–H and O–H groups in total. The summed E-state index contributed by atoms with van der Waals surface area (Å²) in [6, 6.07) is 22.1. The number of imidazole rings is 1. The Morgan fingerprint density at radius 1 is 0.889 bits per heavy atom. The molecule has 0 unspecified atom stereocenters. The third-order valence-corrected chi connectivity index (χ3v) is 4.33. The quantitative estimate of drug-likeness (QED) is 0.442. The van der Waals surface area contributed by atoms with Gasteiger partial charge in [0.2, 0.25) is 0 Å². The van der Waals surface area contributed by atoms with Gasteiger partial charge in [-0.1, -0.05) is 66.2 Å². The van der Waals surface area contributed by atoms with Gasteiger partial charge in [0.25, 0.3) is 11.7 Å². The predicted octanol–water partition coefficient (Wildman–Crippen LogP) is 4.13. The Hall–Kier alpha value is -3.73. The molecule has 0 atom stereocenters. The summed E-state index contributed by atoms with van der Waals surface area (Å²) in [5.74, 6) is -0.802. The summed E-state index contributed by atoms with van der Waals surface area (Å²) in [7, 11) is 0. The van der Waals surface area contributed by atoms with Gasteiger partial charge < -0.3 is 5.32 Å². The molecule has 0 aliphatic carbocycles. The highest BCUT2D eigenvalue weighted by molar-refractivity contribution is 6.46. The summed E-state index contributed by atoms with van der Waals surface area (Å²) in [6.45, 7) is 1.93. The summed E-state index contributed by atoms with van der Waals surface area (Å²) >= 11 is 0. The van der Waals surface area contributed by atoms with Crippen molar-refractivity contribution in [3.63, 3.8) is 0 Å². The normalized spacial score (nSPS) is 10.7. The number of rotatable bonds is 4. The Bertz CT molecular complexity index is 1130. The van der Waals surface area contributed by atoms with Crippen molar-refractivity contribution in [1.29, 1.82) is 0 Å². The van der Waals surface area contributed by atoms with E-state index in [0.29, 0.717) is 22.7 Å². The van der Waals surface area contributed by atoms with Crippen LogP contribution in [0.5, 0.6) is 0 Å². The van der Waals surface area contributed by atoms with E-state index in [0.717, 1.165) is 11.1 Å². The lowest BCUT2D eigenvalue weighted by atomic mass is 10.1. The highest BCUT2D eigenvalue weighted by Crippen LogP contribution is 2.28. The first-order chi connectivity index (χ1) is 13.1. The van der Waals surface area contributed by atoms with Gasteiger partial charge >= 0.3 is 0 Å². The summed E-state index contributed by atoms with van der Waals surface area (Å²) in [5.41, 5.74) is 3.55. The molecule has 2 aromatic carbocycles. The number of ketones is 1. The summed E-state index contributed by atoms with van der Waals surface area (Å²) in [5, 5.41) is 2.76.